The molecule has 2 heterocycles. The zero-order valence-corrected chi connectivity index (χ0v) is 12.2. The van der Waals surface area contributed by atoms with E-state index in [0.29, 0.717) is 6.04 Å². The third kappa shape index (κ3) is 3.62. The molecule has 1 N–H and O–H groups in total. The topological polar surface area (TPSA) is 28.2 Å². The number of rotatable bonds is 4. The predicted molar refractivity (Wildman–Crippen MR) is 80.5 cm³/mol. The average molecular weight is 265 g/mol. The average Bonchev–Trinajstić information content (AvgIpc) is 2.68. The Morgan fingerprint density at radius 1 is 1.39 bits per heavy atom. The Kier molecular flexibility index (Phi) is 5.32. The van der Waals surface area contributed by atoms with E-state index in [1.165, 1.54) is 23.5 Å². The Morgan fingerprint density at radius 2 is 2.28 bits per heavy atom. The van der Waals surface area contributed by atoms with Crippen molar-refractivity contribution in [2.75, 3.05) is 36.0 Å². The smallest absolute Gasteiger partial charge is 0.128 e. The van der Waals surface area contributed by atoms with Crippen LogP contribution in [0.3, 0.4) is 0 Å². The van der Waals surface area contributed by atoms with Crippen molar-refractivity contribution in [1.82, 2.24) is 10.3 Å². The first kappa shape index (κ1) is 13.7. The van der Waals surface area contributed by atoms with Gasteiger partial charge in [0.05, 0.1) is 0 Å². The summed E-state index contributed by atoms with van der Waals surface area (Å²) in [4.78, 5) is 7.03. The van der Waals surface area contributed by atoms with Crippen LogP contribution in [0.1, 0.15) is 31.9 Å². The maximum Gasteiger partial charge on any atom is 0.128 e. The van der Waals surface area contributed by atoms with Crippen LogP contribution in [-0.2, 0) is 0 Å². The molecule has 1 aromatic heterocycles. The highest BCUT2D eigenvalue weighted by molar-refractivity contribution is 7.99. The van der Waals surface area contributed by atoms with Crippen LogP contribution in [0, 0.1) is 0 Å². The van der Waals surface area contributed by atoms with E-state index in [4.69, 9.17) is 0 Å². The molecule has 100 valence electrons. The first-order valence-corrected chi connectivity index (χ1v) is 7.98. The molecule has 18 heavy (non-hydrogen) atoms. The van der Waals surface area contributed by atoms with Gasteiger partial charge in [-0.25, -0.2) is 4.98 Å². The summed E-state index contributed by atoms with van der Waals surface area (Å²) in [6.07, 6.45) is 3.28. The monoisotopic (exact) mass is 265 g/mol. The summed E-state index contributed by atoms with van der Waals surface area (Å²) in [5, 5.41) is 3.41. The van der Waals surface area contributed by atoms with Crippen LogP contribution < -0.4 is 10.2 Å². The largest absolute Gasteiger partial charge is 0.356 e. The van der Waals surface area contributed by atoms with E-state index in [-0.39, 0.29) is 0 Å². The maximum atomic E-state index is 4.62. The fourth-order valence-corrected chi connectivity index (χ4v) is 3.13. The molecule has 0 saturated carbocycles. The fraction of sp³-hybridized carbons (Fsp3) is 0.643. The molecule has 1 unspecified atom stereocenters. The predicted octanol–water partition coefficient (Wildman–Crippen LogP) is 2.70. The number of hydrogen-bond acceptors (Lipinski definition) is 4. The van der Waals surface area contributed by atoms with E-state index in [2.05, 4.69) is 41.2 Å². The van der Waals surface area contributed by atoms with Crippen molar-refractivity contribution in [3.63, 3.8) is 0 Å². The van der Waals surface area contributed by atoms with E-state index in [1.54, 1.807) is 0 Å². The summed E-state index contributed by atoms with van der Waals surface area (Å²) in [7, 11) is 0. The lowest BCUT2D eigenvalue weighted by molar-refractivity contribution is 0.596. The summed E-state index contributed by atoms with van der Waals surface area (Å²) < 4.78 is 0. The van der Waals surface area contributed by atoms with Gasteiger partial charge in [0.2, 0.25) is 0 Å². The molecule has 0 radical (unpaired) electrons. The molecular weight excluding hydrogens is 242 g/mol. The van der Waals surface area contributed by atoms with E-state index < -0.39 is 0 Å². The zero-order valence-electron chi connectivity index (χ0n) is 11.4. The van der Waals surface area contributed by atoms with Crippen LogP contribution in [0.15, 0.2) is 18.3 Å². The fourth-order valence-electron chi connectivity index (χ4n) is 2.24. The van der Waals surface area contributed by atoms with Gasteiger partial charge in [0, 0.05) is 31.1 Å². The van der Waals surface area contributed by atoms with Gasteiger partial charge < -0.3 is 10.2 Å². The van der Waals surface area contributed by atoms with Crippen molar-refractivity contribution in [1.29, 1.82) is 0 Å². The first-order valence-electron chi connectivity index (χ1n) is 6.83. The van der Waals surface area contributed by atoms with Crippen LogP contribution in [0.2, 0.25) is 0 Å². The molecule has 0 amide bonds. The third-order valence-electron chi connectivity index (χ3n) is 3.33. The van der Waals surface area contributed by atoms with E-state index in [1.807, 2.05) is 18.0 Å². The standard InChI is InChI=1S/C14H23N3S/c1-3-15-12(2)13-5-6-14(16-11-13)17-7-4-9-18-10-8-17/h5-6,11-12,15H,3-4,7-10H2,1-2H3. The van der Waals surface area contributed by atoms with E-state index in [9.17, 15) is 0 Å². The molecule has 1 aliphatic rings. The van der Waals surface area contributed by atoms with Gasteiger partial charge in [-0.1, -0.05) is 13.0 Å². The minimum Gasteiger partial charge on any atom is -0.356 e. The minimum absolute atomic E-state index is 0.385. The minimum atomic E-state index is 0.385. The van der Waals surface area contributed by atoms with Crippen molar-refractivity contribution < 1.29 is 0 Å². The molecule has 2 rings (SSSR count). The summed E-state index contributed by atoms with van der Waals surface area (Å²) in [5.74, 6) is 3.63. The second-order valence-corrected chi connectivity index (χ2v) is 5.91. The van der Waals surface area contributed by atoms with Gasteiger partial charge in [-0.2, -0.15) is 11.8 Å². The summed E-state index contributed by atoms with van der Waals surface area (Å²) in [6, 6.07) is 4.75. The highest BCUT2D eigenvalue weighted by atomic mass is 32.2. The molecule has 1 saturated heterocycles. The zero-order chi connectivity index (χ0) is 12.8. The highest BCUT2D eigenvalue weighted by Gasteiger charge is 2.11. The molecule has 1 atom stereocenters. The Balaban J connectivity index is 2.01. The number of nitrogens with zero attached hydrogens (tertiary/aromatic N) is 2. The SMILES string of the molecule is CCNC(C)c1ccc(N2CCCSCC2)nc1. The lowest BCUT2D eigenvalue weighted by Crippen LogP contribution is -2.26. The van der Waals surface area contributed by atoms with Crippen LogP contribution in [-0.4, -0.2) is 36.1 Å². The maximum absolute atomic E-state index is 4.62. The number of nitrogens with one attached hydrogen (secondary N) is 1. The molecule has 1 fully saturated rings. The number of anilines is 1. The lowest BCUT2D eigenvalue weighted by Gasteiger charge is -2.21. The molecule has 0 aliphatic carbocycles. The van der Waals surface area contributed by atoms with Crippen molar-refractivity contribution in [3.05, 3.63) is 23.9 Å². The summed E-state index contributed by atoms with van der Waals surface area (Å²) in [5.41, 5.74) is 1.27. The van der Waals surface area contributed by atoms with Crippen LogP contribution in [0.5, 0.6) is 0 Å². The molecule has 4 heteroatoms. The van der Waals surface area contributed by atoms with Crippen LogP contribution >= 0.6 is 11.8 Å². The third-order valence-corrected chi connectivity index (χ3v) is 4.38. The Labute approximate surface area is 114 Å². The molecule has 1 aromatic rings. The highest BCUT2D eigenvalue weighted by Crippen LogP contribution is 2.19. The van der Waals surface area contributed by atoms with Crippen molar-refractivity contribution >= 4 is 17.6 Å². The van der Waals surface area contributed by atoms with Crippen LogP contribution in [0.25, 0.3) is 0 Å². The van der Waals surface area contributed by atoms with Crippen molar-refractivity contribution in [3.8, 4) is 0 Å². The van der Waals surface area contributed by atoms with Gasteiger partial charge >= 0.3 is 0 Å². The van der Waals surface area contributed by atoms with E-state index >= 15 is 0 Å². The van der Waals surface area contributed by atoms with Gasteiger partial charge in [-0.3, -0.25) is 0 Å². The van der Waals surface area contributed by atoms with Gasteiger partial charge in [0.25, 0.3) is 0 Å². The van der Waals surface area contributed by atoms with Crippen molar-refractivity contribution in [2.45, 2.75) is 26.3 Å². The van der Waals surface area contributed by atoms with Gasteiger partial charge in [-0.05, 0) is 37.3 Å². The van der Waals surface area contributed by atoms with Crippen LogP contribution in [0.4, 0.5) is 5.82 Å². The normalized spacial score (nSPS) is 18.4. The van der Waals surface area contributed by atoms with Gasteiger partial charge in [-0.15, -0.1) is 0 Å². The Hall–Kier alpha value is -0.740. The quantitative estimate of drug-likeness (QED) is 0.906. The number of thioether (sulfide) groups is 1. The van der Waals surface area contributed by atoms with Gasteiger partial charge in [0.15, 0.2) is 0 Å². The van der Waals surface area contributed by atoms with Crippen molar-refractivity contribution in [2.24, 2.45) is 0 Å². The lowest BCUT2D eigenvalue weighted by atomic mass is 10.1. The molecule has 1 aliphatic heterocycles. The number of pyridine rings is 1. The molecule has 3 nitrogen and oxygen atoms in total. The Bertz CT molecular complexity index is 345. The van der Waals surface area contributed by atoms with Gasteiger partial charge in [0.1, 0.15) is 5.82 Å². The summed E-state index contributed by atoms with van der Waals surface area (Å²) >= 11 is 2.05. The second kappa shape index (κ2) is 7.00. The molecular formula is C14H23N3S. The summed E-state index contributed by atoms with van der Waals surface area (Å²) in [6.45, 7) is 7.57. The molecule has 0 aromatic carbocycles. The number of aromatic nitrogens is 1. The molecule has 0 bridgehead atoms. The van der Waals surface area contributed by atoms with E-state index in [0.717, 1.165) is 25.5 Å². The second-order valence-electron chi connectivity index (χ2n) is 4.68. The first-order chi connectivity index (χ1) is 8.81. The number of hydrogen-bond donors (Lipinski definition) is 1. The Morgan fingerprint density at radius 3 is 3.00 bits per heavy atom. The molecule has 0 spiro atoms.